The van der Waals surface area contributed by atoms with Gasteiger partial charge in [0, 0.05) is 51.6 Å². The van der Waals surface area contributed by atoms with Crippen LogP contribution >= 0.6 is 0 Å². The number of amides is 1. The third-order valence-electron chi connectivity index (χ3n) is 4.06. The monoisotopic (exact) mass is 307 g/mol. The number of non-ortho nitro benzene ring substituents is 1. The minimum Gasteiger partial charge on any atom is -0.396 e. The van der Waals surface area contributed by atoms with Crippen LogP contribution in [0.4, 0.5) is 11.4 Å². The van der Waals surface area contributed by atoms with E-state index in [1.54, 1.807) is 30.0 Å². The first-order chi connectivity index (χ1) is 10.4. The summed E-state index contributed by atoms with van der Waals surface area (Å²) in [5.41, 5.74) is 0.931. The van der Waals surface area contributed by atoms with Crippen LogP contribution in [0.1, 0.15) is 23.2 Å². The normalized spacial score (nSPS) is 15.7. The van der Waals surface area contributed by atoms with Gasteiger partial charge in [-0.15, -0.1) is 0 Å². The predicted molar refractivity (Wildman–Crippen MR) is 83.1 cm³/mol. The largest absolute Gasteiger partial charge is 0.396 e. The number of carbonyl (C=O) groups excluding carboxylic acids is 1. The summed E-state index contributed by atoms with van der Waals surface area (Å²) < 4.78 is 0. The fraction of sp³-hybridized carbons (Fsp3) is 0.533. The van der Waals surface area contributed by atoms with E-state index in [0.29, 0.717) is 24.3 Å². The van der Waals surface area contributed by atoms with Gasteiger partial charge in [0.15, 0.2) is 0 Å². The third-order valence-corrected chi connectivity index (χ3v) is 4.06. The van der Waals surface area contributed by atoms with Crippen LogP contribution < -0.4 is 4.90 Å². The van der Waals surface area contributed by atoms with Crippen LogP contribution in [0, 0.1) is 16.0 Å². The molecule has 1 aromatic carbocycles. The van der Waals surface area contributed by atoms with Crippen molar-refractivity contribution in [2.75, 3.05) is 38.7 Å². The average Bonchev–Trinajstić information content (AvgIpc) is 2.53. The van der Waals surface area contributed by atoms with E-state index in [9.17, 15) is 14.9 Å². The first kappa shape index (κ1) is 16.2. The molecule has 1 aromatic rings. The van der Waals surface area contributed by atoms with E-state index in [2.05, 4.69) is 0 Å². The SMILES string of the molecule is CN(C)c1ccc([N+](=O)[O-])cc1C(=O)N1CCC(CO)CC1. The van der Waals surface area contributed by atoms with Crippen LogP contribution in [0.15, 0.2) is 18.2 Å². The number of hydrogen-bond donors (Lipinski definition) is 1. The van der Waals surface area contributed by atoms with Gasteiger partial charge in [-0.25, -0.2) is 0 Å². The first-order valence-electron chi connectivity index (χ1n) is 7.30. The number of nitrogens with zero attached hydrogens (tertiary/aromatic N) is 3. The maximum absolute atomic E-state index is 12.7. The number of rotatable bonds is 4. The lowest BCUT2D eigenvalue weighted by Gasteiger charge is -2.32. The fourth-order valence-corrected chi connectivity index (χ4v) is 2.69. The molecule has 1 amide bonds. The van der Waals surface area contributed by atoms with Crippen LogP contribution in [0.2, 0.25) is 0 Å². The van der Waals surface area contributed by atoms with Gasteiger partial charge in [-0.2, -0.15) is 0 Å². The highest BCUT2D eigenvalue weighted by atomic mass is 16.6. The number of nitro benzene ring substituents is 1. The molecular weight excluding hydrogens is 286 g/mol. The van der Waals surface area contributed by atoms with Gasteiger partial charge in [-0.1, -0.05) is 0 Å². The molecule has 0 spiro atoms. The summed E-state index contributed by atoms with van der Waals surface area (Å²) in [4.78, 5) is 26.7. The van der Waals surface area contributed by atoms with Crippen molar-refractivity contribution in [1.82, 2.24) is 4.90 Å². The maximum atomic E-state index is 12.7. The molecule has 0 unspecified atom stereocenters. The lowest BCUT2D eigenvalue weighted by atomic mass is 9.97. The smallest absolute Gasteiger partial charge is 0.270 e. The first-order valence-corrected chi connectivity index (χ1v) is 7.30. The highest BCUT2D eigenvalue weighted by Crippen LogP contribution is 2.27. The summed E-state index contributed by atoms with van der Waals surface area (Å²) in [5, 5.41) is 20.1. The fourth-order valence-electron chi connectivity index (χ4n) is 2.69. The van der Waals surface area contributed by atoms with E-state index in [1.165, 1.54) is 12.1 Å². The molecule has 2 rings (SSSR count). The van der Waals surface area contributed by atoms with Crippen molar-refractivity contribution in [3.05, 3.63) is 33.9 Å². The molecule has 0 atom stereocenters. The number of likely N-dealkylation sites (tertiary alicyclic amines) is 1. The second-order valence-electron chi connectivity index (χ2n) is 5.77. The highest BCUT2D eigenvalue weighted by molar-refractivity contribution is 6.00. The number of aliphatic hydroxyl groups is 1. The molecule has 7 heteroatoms. The number of anilines is 1. The van der Waals surface area contributed by atoms with Gasteiger partial charge in [0.05, 0.1) is 10.5 Å². The molecule has 0 aromatic heterocycles. The van der Waals surface area contributed by atoms with Gasteiger partial charge >= 0.3 is 0 Å². The highest BCUT2D eigenvalue weighted by Gasteiger charge is 2.26. The zero-order chi connectivity index (χ0) is 16.3. The van der Waals surface area contributed by atoms with Crippen molar-refractivity contribution in [3.63, 3.8) is 0 Å². The molecule has 1 N–H and O–H groups in total. The Kier molecular flexibility index (Phi) is 4.97. The molecule has 0 radical (unpaired) electrons. The quantitative estimate of drug-likeness (QED) is 0.673. The summed E-state index contributed by atoms with van der Waals surface area (Å²) in [6.45, 7) is 1.28. The average molecular weight is 307 g/mol. The summed E-state index contributed by atoms with van der Waals surface area (Å²) in [7, 11) is 3.60. The second kappa shape index (κ2) is 6.74. The molecule has 120 valence electrons. The summed E-state index contributed by atoms with van der Waals surface area (Å²) >= 11 is 0. The predicted octanol–water partition coefficient (Wildman–Crippen LogP) is 1.51. The number of hydrogen-bond acceptors (Lipinski definition) is 5. The number of carbonyl (C=O) groups is 1. The Bertz CT molecular complexity index is 566. The Morgan fingerprint density at radius 1 is 1.41 bits per heavy atom. The van der Waals surface area contributed by atoms with E-state index in [-0.39, 0.29) is 24.1 Å². The van der Waals surface area contributed by atoms with Crippen molar-refractivity contribution >= 4 is 17.3 Å². The molecule has 7 nitrogen and oxygen atoms in total. The molecule has 0 saturated carbocycles. The van der Waals surface area contributed by atoms with Gasteiger partial charge in [0.2, 0.25) is 0 Å². The molecule has 1 aliphatic heterocycles. The van der Waals surface area contributed by atoms with Crippen molar-refractivity contribution in [2.45, 2.75) is 12.8 Å². The lowest BCUT2D eigenvalue weighted by molar-refractivity contribution is -0.384. The second-order valence-corrected chi connectivity index (χ2v) is 5.77. The number of piperidine rings is 1. The zero-order valence-electron chi connectivity index (χ0n) is 12.9. The molecule has 0 aliphatic carbocycles. The van der Waals surface area contributed by atoms with Crippen LogP contribution in [0.25, 0.3) is 0 Å². The molecular formula is C15H21N3O4. The van der Waals surface area contributed by atoms with Gasteiger partial charge in [-0.05, 0) is 24.8 Å². The van der Waals surface area contributed by atoms with E-state index >= 15 is 0 Å². The van der Waals surface area contributed by atoms with E-state index in [4.69, 9.17) is 5.11 Å². The summed E-state index contributed by atoms with van der Waals surface area (Å²) in [5.74, 6) is 0.0475. The third kappa shape index (κ3) is 3.36. The summed E-state index contributed by atoms with van der Waals surface area (Å²) in [6.07, 6.45) is 1.52. The van der Waals surface area contributed by atoms with Gasteiger partial charge in [-0.3, -0.25) is 14.9 Å². The molecule has 22 heavy (non-hydrogen) atoms. The van der Waals surface area contributed by atoms with Gasteiger partial charge in [0.25, 0.3) is 11.6 Å². The van der Waals surface area contributed by atoms with Crippen LogP contribution in [-0.2, 0) is 0 Å². The van der Waals surface area contributed by atoms with Crippen molar-refractivity contribution in [2.24, 2.45) is 5.92 Å². The number of nitro groups is 1. The van der Waals surface area contributed by atoms with Crippen molar-refractivity contribution in [1.29, 1.82) is 0 Å². The van der Waals surface area contributed by atoms with Crippen molar-refractivity contribution < 1.29 is 14.8 Å². The molecule has 0 bridgehead atoms. The Morgan fingerprint density at radius 2 is 2.05 bits per heavy atom. The Hall–Kier alpha value is -2.15. The molecule has 1 fully saturated rings. The van der Waals surface area contributed by atoms with Crippen molar-refractivity contribution in [3.8, 4) is 0 Å². The van der Waals surface area contributed by atoms with Crippen LogP contribution in [0.3, 0.4) is 0 Å². The van der Waals surface area contributed by atoms with E-state index < -0.39 is 4.92 Å². The molecule has 1 saturated heterocycles. The molecule has 1 heterocycles. The topological polar surface area (TPSA) is 86.9 Å². The standard InChI is InChI=1S/C15H21N3O4/c1-16(2)14-4-3-12(18(21)22)9-13(14)15(20)17-7-5-11(10-19)6-8-17/h3-4,9,11,19H,5-8,10H2,1-2H3. The minimum absolute atomic E-state index is 0.0841. The summed E-state index contributed by atoms with van der Waals surface area (Å²) in [6, 6.07) is 4.35. The van der Waals surface area contributed by atoms with Crippen LogP contribution in [0.5, 0.6) is 0 Å². The number of benzene rings is 1. The minimum atomic E-state index is -0.492. The Balaban J connectivity index is 2.27. The Labute approximate surface area is 129 Å². The van der Waals surface area contributed by atoms with Crippen LogP contribution in [-0.4, -0.2) is 54.6 Å². The van der Waals surface area contributed by atoms with E-state index in [1.807, 2.05) is 0 Å². The lowest BCUT2D eigenvalue weighted by Crippen LogP contribution is -2.39. The van der Waals surface area contributed by atoms with E-state index in [0.717, 1.165) is 12.8 Å². The van der Waals surface area contributed by atoms with Gasteiger partial charge < -0.3 is 14.9 Å². The maximum Gasteiger partial charge on any atom is 0.270 e. The Morgan fingerprint density at radius 3 is 2.55 bits per heavy atom. The number of aliphatic hydroxyl groups excluding tert-OH is 1. The molecule has 1 aliphatic rings. The zero-order valence-corrected chi connectivity index (χ0v) is 12.9. The van der Waals surface area contributed by atoms with Gasteiger partial charge in [0.1, 0.15) is 0 Å².